The third kappa shape index (κ3) is 1.82. The maximum atomic E-state index is 11.4. The molecule has 2 aromatic heterocycles. The van der Waals surface area contributed by atoms with Crippen LogP contribution in [0.5, 0.6) is 0 Å². The molecule has 1 N–H and O–H groups in total. The van der Waals surface area contributed by atoms with Crippen LogP contribution in [0.15, 0.2) is 29.6 Å². The summed E-state index contributed by atoms with van der Waals surface area (Å²) in [6, 6.07) is 8.03. The Morgan fingerprint density at radius 3 is 2.58 bits per heavy atom. The second-order valence-electron chi connectivity index (χ2n) is 4.46. The number of benzene rings is 1. The molecule has 1 aromatic carbocycles. The van der Waals surface area contributed by atoms with Gasteiger partial charge >= 0.3 is 5.97 Å². The van der Waals surface area contributed by atoms with Crippen molar-refractivity contribution in [2.24, 2.45) is 0 Å². The lowest BCUT2D eigenvalue weighted by Gasteiger charge is -2.03. The summed E-state index contributed by atoms with van der Waals surface area (Å²) in [4.78, 5) is 16.4. The monoisotopic (exact) mass is 272 g/mol. The first kappa shape index (κ1) is 11.9. The molecule has 0 saturated carbocycles. The molecule has 3 rings (SSSR count). The minimum Gasteiger partial charge on any atom is -0.477 e. The summed E-state index contributed by atoms with van der Waals surface area (Å²) in [5, 5.41) is 11.3. The topological polar surface area (TPSA) is 54.6 Å². The lowest BCUT2D eigenvalue weighted by molar-refractivity contribution is 0.0688. The van der Waals surface area contributed by atoms with E-state index in [1.807, 2.05) is 36.6 Å². The molecule has 19 heavy (non-hydrogen) atoms. The normalized spacial score (nSPS) is 11.1. The zero-order valence-electron chi connectivity index (χ0n) is 10.5. The molecule has 5 heteroatoms. The van der Waals surface area contributed by atoms with Crippen LogP contribution in [0.1, 0.15) is 21.7 Å². The van der Waals surface area contributed by atoms with Crippen LogP contribution in [0.3, 0.4) is 0 Å². The summed E-state index contributed by atoms with van der Waals surface area (Å²) < 4.78 is 1.72. The molecule has 0 fully saturated rings. The summed E-state index contributed by atoms with van der Waals surface area (Å²) >= 11 is 1.45. The van der Waals surface area contributed by atoms with Crippen LogP contribution < -0.4 is 0 Å². The molecule has 0 aliphatic heterocycles. The number of carbonyl (C=O) groups is 1. The van der Waals surface area contributed by atoms with E-state index >= 15 is 0 Å². The third-order valence-corrected chi connectivity index (χ3v) is 3.91. The Kier molecular flexibility index (Phi) is 2.64. The van der Waals surface area contributed by atoms with E-state index in [9.17, 15) is 9.90 Å². The highest BCUT2D eigenvalue weighted by Gasteiger charge is 2.19. The summed E-state index contributed by atoms with van der Waals surface area (Å²) in [5.41, 5.74) is 3.84. The number of hydrogen-bond donors (Lipinski definition) is 1. The van der Waals surface area contributed by atoms with E-state index in [1.54, 1.807) is 11.3 Å². The first-order valence-corrected chi connectivity index (χ1v) is 6.73. The summed E-state index contributed by atoms with van der Waals surface area (Å²) in [5.74, 6) is -0.947. The number of carboxylic acids is 1. The van der Waals surface area contributed by atoms with Gasteiger partial charge in [-0.2, -0.15) is 0 Å². The first-order valence-electron chi connectivity index (χ1n) is 5.85. The number of rotatable bonds is 2. The highest BCUT2D eigenvalue weighted by atomic mass is 32.1. The molecule has 0 unspecified atom stereocenters. The van der Waals surface area contributed by atoms with Crippen molar-refractivity contribution in [1.29, 1.82) is 0 Å². The molecule has 3 aromatic rings. The van der Waals surface area contributed by atoms with Crippen LogP contribution >= 0.6 is 11.3 Å². The Morgan fingerprint density at radius 1 is 1.26 bits per heavy atom. The van der Waals surface area contributed by atoms with Crippen LogP contribution in [0.25, 0.3) is 16.2 Å². The Labute approximate surface area is 114 Å². The molecule has 96 valence electrons. The molecule has 0 aliphatic carbocycles. The van der Waals surface area contributed by atoms with Crippen molar-refractivity contribution in [3.8, 4) is 11.3 Å². The van der Waals surface area contributed by atoms with Gasteiger partial charge < -0.3 is 5.11 Å². The van der Waals surface area contributed by atoms with Crippen molar-refractivity contribution in [2.45, 2.75) is 13.8 Å². The lowest BCUT2D eigenvalue weighted by Crippen LogP contribution is -2.04. The Balaban J connectivity index is 2.30. The smallest absolute Gasteiger partial charge is 0.354 e. The molecule has 0 saturated heterocycles. The highest BCUT2D eigenvalue weighted by molar-refractivity contribution is 7.15. The summed E-state index contributed by atoms with van der Waals surface area (Å²) in [6.07, 6.45) is 0. The largest absolute Gasteiger partial charge is 0.477 e. The summed E-state index contributed by atoms with van der Waals surface area (Å²) in [7, 11) is 0. The number of hydrogen-bond acceptors (Lipinski definition) is 3. The molecule has 0 atom stereocenters. The molecule has 2 heterocycles. The van der Waals surface area contributed by atoms with E-state index in [4.69, 9.17) is 0 Å². The van der Waals surface area contributed by atoms with Gasteiger partial charge in [-0.1, -0.05) is 29.8 Å². The SMILES string of the molecule is Cc1ccc(-c2csc3nc(C)c(C(=O)O)n23)cc1. The van der Waals surface area contributed by atoms with Crippen molar-refractivity contribution >= 4 is 22.3 Å². The molecule has 0 amide bonds. The van der Waals surface area contributed by atoms with E-state index < -0.39 is 5.97 Å². The van der Waals surface area contributed by atoms with Crippen molar-refractivity contribution in [2.75, 3.05) is 0 Å². The fraction of sp³-hybridized carbons (Fsp3) is 0.143. The maximum Gasteiger partial charge on any atom is 0.354 e. The Bertz CT molecular complexity index is 769. The predicted octanol–water partition coefficient (Wildman–Crippen LogP) is 3.38. The summed E-state index contributed by atoms with van der Waals surface area (Å²) in [6.45, 7) is 3.75. The molecular weight excluding hydrogens is 260 g/mol. The van der Waals surface area contributed by atoms with Crippen LogP contribution in [-0.2, 0) is 0 Å². The Morgan fingerprint density at radius 2 is 1.95 bits per heavy atom. The van der Waals surface area contributed by atoms with Gasteiger partial charge in [0, 0.05) is 5.38 Å². The zero-order chi connectivity index (χ0) is 13.6. The van der Waals surface area contributed by atoms with Crippen molar-refractivity contribution < 1.29 is 9.90 Å². The number of carboxylic acid groups (broad SMARTS) is 1. The quantitative estimate of drug-likeness (QED) is 0.778. The standard InChI is InChI=1S/C14H12N2O2S/c1-8-3-5-10(6-4-8)11-7-19-14-15-9(2)12(13(17)18)16(11)14/h3-7H,1-2H3,(H,17,18). The second-order valence-corrected chi connectivity index (χ2v) is 5.29. The molecule has 0 bridgehead atoms. The van der Waals surface area contributed by atoms with Gasteiger partial charge in [0.15, 0.2) is 10.7 Å². The van der Waals surface area contributed by atoms with Gasteiger partial charge in [-0.3, -0.25) is 4.40 Å². The third-order valence-electron chi connectivity index (χ3n) is 3.09. The van der Waals surface area contributed by atoms with E-state index in [1.165, 1.54) is 16.9 Å². The number of aromatic carboxylic acids is 1. The molecule has 4 nitrogen and oxygen atoms in total. The van der Waals surface area contributed by atoms with E-state index in [0.29, 0.717) is 10.7 Å². The van der Waals surface area contributed by atoms with Crippen LogP contribution in [-0.4, -0.2) is 20.5 Å². The molecular formula is C14H12N2O2S. The van der Waals surface area contributed by atoms with Crippen molar-refractivity contribution in [1.82, 2.24) is 9.38 Å². The molecule has 0 radical (unpaired) electrons. The van der Waals surface area contributed by atoms with E-state index in [2.05, 4.69) is 4.98 Å². The van der Waals surface area contributed by atoms with Gasteiger partial charge in [-0.25, -0.2) is 9.78 Å². The van der Waals surface area contributed by atoms with Crippen LogP contribution in [0.4, 0.5) is 0 Å². The number of fused-ring (bicyclic) bond motifs is 1. The first-order chi connectivity index (χ1) is 9.08. The van der Waals surface area contributed by atoms with Crippen LogP contribution in [0, 0.1) is 13.8 Å². The number of aromatic nitrogens is 2. The minimum atomic E-state index is -0.947. The Hall–Kier alpha value is -2.14. The zero-order valence-corrected chi connectivity index (χ0v) is 11.4. The van der Waals surface area contributed by atoms with Gasteiger partial charge in [0.1, 0.15) is 0 Å². The molecule has 0 spiro atoms. The van der Waals surface area contributed by atoms with Crippen molar-refractivity contribution in [3.05, 3.63) is 46.6 Å². The molecule has 0 aliphatic rings. The highest BCUT2D eigenvalue weighted by Crippen LogP contribution is 2.29. The fourth-order valence-corrected chi connectivity index (χ4v) is 3.08. The van der Waals surface area contributed by atoms with E-state index in [-0.39, 0.29) is 5.69 Å². The van der Waals surface area contributed by atoms with Crippen LogP contribution in [0.2, 0.25) is 0 Å². The minimum absolute atomic E-state index is 0.242. The van der Waals surface area contributed by atoms with Gasteiger partial charge in [-0.15, -0.1) is 11.3 Å². The van der Waals surface area contributed by atoms with Gasteiger partial charge in [-0.05, 0) is 19.4 Å². The average molecular weight is 272 g/mol. The van der Waals surface area contributed by atoms with Gasteiger partial charge in [0.25, 0.3) is 0 Å². The van der Waals surface area contributed by atoms with Crippen molar-refractivity contribution in [3.63, 3.8) is 0 Å². The fourth-order valence-electron chi connectivity index (χ4n) is 2.14. The average Bonchev–Trinajstić information content (AvgIpc) is 2.87. The predicted molar refractivity (Wildman–Crippen MR) is 74.9 cm³/mol. The van der Waals surface area contributed by atoms with Gasteiger partial charge in [0.05, 0.1) is 11.4 Å². The number of thiazole rings is 1. The van der Waals surface area contributed by atoms with Gasteiger partial charge in [0.2, 0.25) is 0 Å². The maximum absolute atomic E-state index is 11.4. The number of nitrogens with zero attached hydrogens (tertiary/aromatic N) is 2. The lowest BCUT2D eigenvalue weighted by atomic mass is 10.1. The number of aryl methyl sites for hydroxylation is 2. The van der Waals surface area contributed by atoms with E-state index in [0.717, 1.165) is 11.3 Å². The number of imidazole rings is 1. The second kappa shape index (κ2) is 4.20.